The lowest BCUT2D eigenvalue weighted by Crippen LogP contribution is -2.10. The van der Waals surface area contributed by atoms with Crippen LogP contribution >= 0.6 is 0 Å². The molecule has 0 aliphatic carbocycles. The maximum Gasteiger partial charge on any atom is 0.294 e. The van der Waals surface area contributed by atoms with Crippen molar-refractivity contribution in [3.63, 3.8) is 0 Å². The van der Waals surface area contributed by atoms with Gasteiger partial charge in [0, 0.05) is 0 Å². The molecule has 0 bridgehead atoms. The van der Waals surface area contributed by atoms with Crippen molar-refractivity contribution in [1.82, 2.24) is 0 Å². The van der Waals surface area contributed by atoms with Crippen LogP contribution < -0.4 is 0 Å². The molecule has 0 aliphatic rings. The van der Waals surface area contributed by atoms with Crippen LogP contribution in [-0.2, 0) is 29.4 Å². The van der Waals surface area contributed by atoms with Crippen molar-refractivity contribution in [3.8, 4) is 0 Å². The summed E-state index contributed by atoms with van der Waals surface area (Å²) in [5, 5.41) is 0. The Morgan fingerprint density at radius 2 is 0.739 bits per heavy atom. The van der Waals surface area contributed by atoms with Gasteiger partial charge in [-0.05, 0) is 79.0 Å². The molecular formula is C42H78O3S. The molecule has 0 fully saturated rings. The molecular weight excluding hydrogens is 585 g/mol. The largest absolute Gasteiger partial charge is 0.294 e. The summed E-state index contributed by atoms with van der Waals surface area (Å²) in [7, 11) is -4.24. The van der Waals surface area contributed by atoms with Gasteiger partial charge in [-0.1, -0.05) is 182 Å². The van der Waals surface area contributed by atoms with E-state index >= 15 is 0 Å². The summed E-state index contributed by atoms with van der Waals surface area (Å²) in [4.78, 5) is 0.173. The molecule has 0 unspecified atom stereocenters. The van der Waals surface area contributed by atoms with Crippen LogP contribution in [-0.4, -0.2) is 13.0 Å². The molecule has 0 spiro atoms. The van der Waals surface area contributed by atoms with Crippen molar-refractivity contribution in [2.24, 2.45) is 17.8 Å². The lowest BCUT2D eigenvalue weighted by atomic mass is 9.90. The SMILES string of the molecule is CC(C)CCCCCCCCCc1ccc(S(=O)(=O)O)c(CCCCCCCCCC(C)C)c1CCCCCCCCCC(C)C. The average molecular weight is 663 g/mol. The lowest BCUT2D eigenvalue weighted by molar-refractivity contribution is 0.481. The summed E-state index contributed by atoms with van der Waals surface area (Å²) in [6, 6.07) is 3.74. The standard InChI is InChI=1S/C42H78O3S/c1-36(2)28-22-16-10-7-13-19-25-31-39-34-35-42(46(43,44)45)41(33-27-21-15-9-12-18-24-30-38(5)6)40(39)32-26-20-14-8-11-17-23-29-37(3)4/h34-38H,7-33H2,1-6H3,(H,43,44,45). The van der Waals surface area contributed by atoms with Gasteiger partial charge in [-0.2, -0.15) is 8.42 Å². The van der Waals surface area contributed by atoms with E-state index in [-0.39, 0.29) is 4.90 Å². The molecule has 0 saturated heterocycles. The molecule has 4 heteroatoms. The molecule has 270 valence electrons. The molecule has 0 saturated carbocycles. The van der Waals surface area contributed by atoms with E-state index in [1.54, 1.807) is 6.07 Å². The molecule has 1 aromatic rings. The summed E-state index contributed by atoms with van der Waals surface area (Å²) in [5.41, 5.74) is 3.50. The minimum atomic E-state index is -4.24. The topological polar surface area (TPSA) is 54.4 Å². The maximum atomic E-state index is 12.5. The van der Waals surface area contributed by atoms with Crippen LogP contribution in [0.5, 0.6) is 0 Å². The van der Waals surface area contributed by atoms with E-state index in [0.717, 1.165) is 68.3 Å². The summed E-state index contributed by atoms with van der Waals surface area (Å²) >= 11 is 0. The molecule has 3 nitrogen and oxygen atoms in total. The number of rotatable bonds is 31. The van der Waals surface area contributed by atoms with E-state index < -0.39 is 10.1 Å². The van der Waals surface area contributed by atoms with Crippen molar-refractivity contribution in [2.45, 2.75) is 220 Å². The van der Waals surface area contributed by atoms with Gasteiger partial charge in [0.15, 0.2) is 0 Å². The number of hydrogen-bond donors (Lipinski definition) is 1. The van der Waals surface area contributed by atoms with Crippen LogP contribution in [0.2, 0.25) is 0 Å². The third kappa shape index (κ3) is 22.7. The number of unbranched alkanes of at least 4 members (excludes halogenated alkanes) is 18. The zero-order chi connectivity index (χ0) is 34.0. The molecule has 0 aliphatic heterocycles. The molecule has 0 heterocycles. The molecule has 1 rings (SSSR count). The Bertz CT molecular complexity index is 963. The van der Waals surface area contributed by atoms with Gasteiger partial charge < -0.3 is 0 Å². The van der Waals surface area contributed by atoms with Crippen molar-refractivity contribution in [1.29, 1.82) is 0 Å². The van der Waals surface area contributed by atoms with Crippen LogP contribution in [0.4, 0.5) is 0 Å². The third-order valence-corrected chi connectivity index (χ3v) is 10.8. The van der Waals surface area contributed by atoms with Crippen molar-refractivity contribution >= 4 is 10.1 Å². The Labute approximate surface area is 288 Å². The van der Waals surface area contributed by atoms with E-state index in [1.165, 1.54) is 140 Å². The summed E-state index contributed by atoms with van der Waals surface area (Å²) in [6.45, 7) is 13.9. The fraction of sp³-hybridized carbons (Fsp3) is 0.857. The van der Waals surface area contributed by atoms with Crippen molar-refractivity contribution in [2.75, 3.05) is 0 Å². The van der Waals surface area contributed by atoms with Crippen molar-refractivity contribution in [3.05, 3.63) is 28.8 Å². The highest BCUT2D eigenvalue weighted by molar-refractivity contribution is 7.85. The fourth-order valence-corrected chi connectivity index (χ4v) is 7.79. The van der Waals surface area contributed by atoms with E-state index in [1.807, 2.05) is 6.07 Å². The zero-order valence-corrected chi connectivity index (χ0v) is 32.5. The Morgan fingerprint density at radius 3 is 1.09 bits per heavy atom. The first-order chi connectivity index (χ1) is 22.0. The molecule has 1 N–H and O–H groups in total. The average Bonchev–Trinajstić information content (AvgIpc) is 2.98. The Kier molecular flexibility index (Phi) is 25.3. The number of hydrogen-bond acceptors (Lipinski definition) is 2. The summed E-state index contributed by atoms with van der Waals surface area (Å²) in [6.07, 6.45) is 33.3. The zero-order valence-electron chi connectivity index (χ0n) is 31.7. The fourth-order valence-electron chi connectivity index (χ4n) is 7.01. The summed E-state index contributed by atoms with van der Waals surface area (Å²) in [5.74, 6) is 2.42. The van der Waals surface area contributed by atoms with Gasteiger partial charge in [-0.25, -0.2) is 0 Å². The highest BCUT2D eigenvalue weighted by Gasteiger charge is 2.20. The van der Waals surface area contributed by atoms with E-state index in [4.69, 9.17) is 0 Å². The van der Waals surface area contributed by atoms with E-state index in [0.29, 0.717) is 0 Å². The minimum absolute atomic E-state index is 0.173. The first-order valence-electron chi connectivity index (χ1n) is 20.1. The smallest absolute Gasteiger partial charge is 0.282 e. The third-order valence-electron chi connectivity index (χ3n) is 9.91. The highest BCUT2D eigenvalue weighted by atomic mass is 32.2. The van der Waals surface area contributed by atoms with Gasteiger partial charge in [0.05, 0.1) is 4.90 Å². The quantitative estimate of drug-likeness (QED) is 0.0636. The van der Waals surface area contributed by atoms with Crippen molar-refractivity contribution < 1.29 is 13.0 Å². The molecule has 0 radical (unpaired) electrons. The predicted molar refractivity (Wildman–Crippen MR) is 203 cm³/mol. The van der Waals surface area contributed by atoms with Gasteiger partial charge in [-0.15, -0.1) is 0 Å². The van der Waals surface area contributed by atoms with Gasteiger partial charge >= 0.3 is 0 Å². The molecule has 0 atom stereocenters. The van der Waals surface area contributed by atoms with Gasteiger partial charge in [0.2, 0.25) is 0 Å². The number of benzene rings is 1. The lowest BCUT2D eigenvalue weighted by Gasteiger charge is -2.18. The predicted octanol–water partition coefficient (Wildman–Crippen LogP) is 13.9. The first-order valence-corrected chi connectivity index (χ1v) is 21.6. The molecule has 46 heavy (non-hydrogen) atoms. The second-order valence-corrected chi connectivity index (χ2v) is 17.3. The number of aryl methyl sites for hydroxylation is 1. The van der Waals surface area contributed by atoms with E-state index in [9.17, 15) is 13.0 Å². The van der Waals surface area contributed by atoms with Crippen LogP contribution in [0.25, 0.3) is 0 Å². The summed E-state index contributed by atoms with van der Waals surface area (Å²) < 4.78 is 35.3. The second-order valence-electron chi connectivity index (χ2n) is 15.9. The van der Waals surface area contributed by atoms with Crippen LogP contribution in [0.1, 0.15) is 212 Å². The Morgan fingerprint density at radius 1 is 0.435 bits per heavy atom. The van der Waals surface area contributed by atoms with Gasteiger partial charge in [0.25, 0.3) is 10.1 Å². The highest BCUT2D eigenvalue weighted by Crippen LogP contribution is 2.29. The minimum Gasteiger partial charge on any atom is -0.282 e. The van der Waals surface area contributed by atoms with Crippen LogP contribution in [0.15, 0.2) is 17.0 Å². The van der Waals surface area contributed by atoms with Crippen LogP contribution in [0.3, 0.4) is 0 Å². The first kappa shape index (κ1) is 43.2. The van der Waals surface area contributed by atoms with Gasteiger partial charge in [-0.3, -0.25) is 4.55 Å². The Hall–Kier alpha value is -0.870. The molecule has 0 amide bonds. The van der Waals surface area contributed by atoms with Crippen LogP contribution in [0, 0.1) is 17.8 Å². The molecule has 0 aromatic heterocycles. The van der Waals surface area contributed by atoms with E-state index in [2.05, 4.69) is 41.5 Å². The molecule has 1 aromatic carbocycles. The van der Waals surface area contributed by atoms with Gasteiger partial charge in [0.1, 0.15) is 0 Å². The Balaban J connectivity index is 2.77. The maximum absolute atomic E-state index is 12.5. The second kappa shape index (κ2) is 27.0. The monoisotopic (exact) mass is 663 g/mol. The normalized spacial score (nSPS) is 12.3.